The molecule has 1 aliphatic heterocycles. The predicted molar refractivity (Wildman–Crippen MR) is 37.3 cm³/mol. The van der Waals surface area contributed by atoms with E-state index in [4.69, 9.17) is 0 Å². The summed E-state index contributed by atoms with van der Waals surface area (Å²) in [6.45, 7) is 2.51. The van der Waals surface area contributed by atoms with Crippen molar-refractivity contribution in [3.63, 3.8) is 0 Å². The Morgan fingerprint density at radius 2 is 1.78 bits per heavy atom. The van der Waals surface area contributed by atoms with Gasteiger partial charge in [0.2, 0.25) is 0 Å². The van der Waals surface area contributed by atoms with E-state index in [0.29, 0.717) is 0 Å². The molecule has 2 aliphatic rings. The summed E-state index contributed by atoms with van der Waals surface area (Å²) in [5.74, 6) is 1.97. The highest BCUT2D eigenvalue weighted by Gasteiger charge is 2.53. The average molecular weight is 126 g/mol. The quantitative estimate of drug-likeness (QED) is 0.522. The molecule has 2 nitrogen and oxygen atoms in total. The Morgan fingerprint density at radius 1 is 1.22 bits per heavy atom. The zero-order valence-corrected chi connectivity index (χ0v) is 6.09. The van der Waals surface area contributed by atoms with Gasteiger partial charge in [0.05, 0.1) is 0 Å². The summed E-state index contributed by atoms with van der Waals surface area (Å²) in [5, 5.41) is 3.38. The van der Waals surface area contributed by atoms with Crippen molar-refractivity contribution < 1.29 is 0 Å². The standard InChI is InChI=1S/C7H14N2/c1-9(2)7-5-3-8-4-6(5)7/h5-8H,3-4H2,1-2H3/t5-,6+,7?. The van der Waals surface area contributed by atoms with Gasteiger partial charge in [-0.2, -0.15) is 0 Å². The second kappa shape index (κ2) is 1.70. The molecule has 1 unspecified atom stereocenters. The molecule has 52 valence electrons. The predicted octanol–water partition coefficient (Wildman–Crippen LogP) is -0.234. The second-order valence-electron chi connectivity index (χ2n) is 3.44. The van der Waals surface area contributed by atoms with Crippen molar-refractivity contribution in [2.75, 3.05) is 27.2 Å². The zero-order valence-electron chi connectivity index (χ0n) is 6.09. The van der Waals surface area contributed by atoms with Crippen molar-refractivity contribution in [3.8, 4) is 0 Å². The van der Waals surface area contributed by atoms with E-state index in [0.717, 1.165) is 17.9 Å². The lowest BCUT2D eigenvalue weighted by molar-refractivity contribution is 0.350. The molecule has 0 radical (unpaired) electrons. The molecule has 1 saturated carbocycles. The third-order valence-corrected chi connectivity index (χ3v) is 2.64. The maximum absolute atomic E-state index is 3.38. The van der Waals surface area contributed by atoms with Crippen LogP contribution in [0, 0.1) is 11.8 Å². The van der Waals surface area contributed by atoms with E-state index < -0.39 is 0 Å². The Labute approximate surface area is 56.2 Å². The number of hydrogen-bond acceptors (Lipinski definition) is 2. The second-order valence-corrected chi connectivity index (χ2v) is 3.44. The van der Waals surface area contributed by atoms with E-state index in [9.17, 15) is 0 Å². The molecule has 1 heterocycles. The largest absolute Gasteiger partial charge is 0.316 e. The lowest BCUT2D eigenvalue weighted by Crippen LogP contribution is -2.26. The van der Waals surface area contributed by atoms with Crippen LogP contribution in [0.1, 0.15) is 0 Å². The minimum Gasteiger partial charge on any atom is -0.316 e. The van der Waals surface area contributed by atoms with Crippen LogP contribution < -0.4 is 5.32 Å². The van der Waals surface area contributed by atoms with Gasteiger partial charge in [-0.05, 0) is 39.0 Å². The van der Waals surface area contributed by atoms with Gasteiger partial charge in [-0.15, -0.1) is 0 Å². The van der Waals surface area contributed by atoms with Crippen LogP contribution in [0.5, 0.6) is 0 Å². The van der Waals surface area contributed by atoms with Crippen LogP contribution >= 0.6 is 0 Å². The highest BCUT2D eigenvalue weighted by molar-refractivity contribution is 5.08. The summed E-state index contributed by atoms with van der Waals surface area (Å²) in [5.41, 5.74) is 0. The Balaban J connectivity index is 1.94. The van der Waals surface area contributed by atoms with Gasteiger partial charge in [0.1, 0.15) is 0 Å². The third kappa shape index (κ3) is 0.700. The van der Waals surface area contributed by atoms with Gasteiger partial charge in [-0.3, -0.25) is 0 Å². The highest BCUT2D eigenvalue weighted by atomic mass is 15.2. The summed E-state index contributed by atoms with van der Waals surface area (Å²) in [7, 11) is 4.37. The van der Waals surface area contributed by atoms with E-state index in [-0.39, 0.29) is 0 Å². The normalized spacial score (nSPS) is 47.7. The van der Waals surface area contributed by atoms with Gasteiger partial charge in [0, 0.05) is 6.04 Å². The van der Waals surface area contributed by atoms with Crippen LogP contribution in [0.3, 0.4) is 0 Å². The van der Waals surface area contributed by atoms with Crippen molar-refractivity contribution in [2.24, 2.45) is 11.8 Å². The molecule has 3 atom stereocenters. The molecule has 2 heteroatoms. The molecule has 9 heavy (non-hydrogen) atoms. The van der Waals surface area contributed by atoms with E-state index in [1.54, 1.807) is 0 Å². The molecule has 2 rings (SSSR count). The number of hydrogen-bond donors (Lipinski definition) is 1. The van der Waals surface area contributed by atoms with Crippen molar-refractivity contribution in [3.05, 3.63) is 0 Å². The average Bonchev–Trinajstić information content (AvgIpc) is 2.30. The molecular weight excluding hydrogens is 112 g/mol. The van der Waals surface area contributed by atoms with E-state index >= 15 is 0 Å². The Bertz CT molecular complexity index is 112. The van der Waals surface area contributed by atoms with Crippen LogP contribution in [0.15, 0.2) is 0 Å². The number of piperidine rings is 1. The van der Waals surface area contributed by atoms with Gasteiger partial charge in [-0.25, -0.2) is 0 Å². The molecule has 0 aromatic heterocycles. The van der Waals surface area contributed by atoms with Crippen LogP contribution in [0.2, 0.25) is 0 Å². The third-order valence-electron chi connectivity index (χ3n) is 2.64. The molecule has 1 aliphatic carbocycles. The molecule has 0 aromatic rings. The highest BCUT2D eigenvalue weighted by Crippen LogP contribution is 2.44. The lowest BCUT2D eigenvalue weighted by atomic mass is 10.4. The number of rotatable bonds is 1. The molecule has 1 N–H and O–H groups in total. The first-order valence-electron chi connectivity index (χ1n) is 3.68. The first kappa shape index (κ1) is 5.69. The molecule has 0 spiro atoms. The molecule has 0 bridgehead atoms. The monoisotopic (exact) mass is 126 g/mol. The molecule has 2 fully saturated rings. The summed E-state index contributed by atoms with van der Waals surface area (Å²) in [6.07, 6.45) is 0. The van der Waals surface area contributed by atoms with Crippen molar-refractivity contribution in [1.29, 1.82) is 0 Å². The van der Waals surface area contributed by atoms with Crippen LogP contribution in [0.4, 0.5) is 0 Å². The van der Waals surface area contributed by atoms with Crippen LogP contribution in [0.25, 0.3) is 0 Å². The molecular formula is C7H14N2. The van der Waals surface area contributed by atoms with Crippen molar-refractivity contribution in [2.45, 2.75) is 6.04 Å². The van der Waals surface area contributed by atoms with Gasteiger partial charge >= 0.3 is 0 Å². The van der Waals surface area contributed by atoms with E-state index in [1.165, 1.54) is 13.1 Å². The van der Waals surface area contributed by atoms with Gasteiger partial charge in [-0.1, -0.05) is 0 Å². The van der Waals surface area contributed by atoms with E-state index in [1.807, 2.05) is 0 Å². The number of nitrogens with zero attached hydrogens (tertiary/aromatic N) is 1. The number of nitrogens with one attached hydrogen (secondary N) is 1. The van der Waals surface area contributed by atoms with Gasteiger partial charge < -0.3 is 10.2 Å². The lowest BCUT2D eigenvalue weighted by Gasteiger charge is -2.11. The molecule has 0 aromatic carbocycles. The first-order chi connectivity index (χ1) is 4.30. The van der Waals surface area contributed by atoms with Gasteiger partial charge in [0.15, 0.2) is 0 Å². The maximum Gasteiger partial charge on any atom is 0.0177 e. The molecule has 1 saturated heterocycles. The smallest absolute Gasteiger partial charge is 0.0177 e. The Kier molecular flexibility index (Phi) is 1.08. The topological polar surface area (TPSA) is 15.3 Å². The summed E-state index contributed by atoms with van der Waals surface area (Å²) < 4.78 is 0. The number of fused-ring (bicyclic) bond motifs is 1. The van der Waals surface area contributed by atoms with Crippen molar-refractivity contribution in [1.82, 2.24) is 10.2 Å². The van der Waals surface area contributed by atoms with Gasteiger partial charge in [0.25, 0.3) is 0 Å². The summed E-state index contributed by atoms with van der Waals surface area (Å²) in [6, 6.07) is 0.909. The minimum atomic E-state index is 0.909. The summed E-state index contributed by atoms with van der Waals surface area (Å²) in [4.78, 5) is 2.36. The first-order valence-corrected chi connectivity index (χ1v) is 3.68. The van der Waals surface area contributed by atoms with E-state index in [2.05, 4.69) is 24.3 Å². The fourth-order valence-corrected chi connectivity index (χ4v) is 2.15. The fraction of sp³-hybridized carbons (Fsp3) is 1.00. The summed E-state index contributed by atoms with van der Waals surface area (Å²) >= 11 is 0. The fourth-order valence-electron chi connectivity index (χ4n) is 2.15. The maximum atomic E-state index is 3.38. The Hall–Kier alpha value is -0.0800. The van der Waals surface area contributed by atoms with Crippen LogP contribution in [-0.4, -0.2) is 38.1 Å². The molecule has 0 amide bonds. The van der Waals surface area contributed by atoms with Crippen molar-refractivity contribution >= 4 is 0 Å². The van der Waals surface area contributed by atoms with Crippen LogP contribution in [-0.2, 0) is 0 Å². The Morgan fingerprint density at radius 3 is 2.11 bits per heavy atom. The SMILES string of the molecule is CN(C)C1[C@H]2CNC[C@@H]12. The minimum absolute atomic E-state index is 0.909. The zero-order chi connectivity index (χ0) is 6.43.